The minimum absolute atomic E-state index is 0.170. The summed E-state index contributed by atoms with van der Waals surface area (Å²) in [6, 6.07) is 12.2. The van der Waals surface area contributed by atoms with Crippen molar-refractivity contribution in [3.8, 4) is 11.5 Å². The zero-order valence-electron chi connectivity index (χ0n) is 18.5. The number of aromatic nitrogens is 5. The van der Waals surface area contributed by atoms with Crippen LogP contribution < -0.4 is 0 Å². The summed E-state index contributed by atoms with van der Waals surface area (Å²) >= 11 is 0. The molecule has 0 aliphatic carbocycles. The van der Waals surface area contributed by atoms with E-state index in [9.17, 15) is 0 Å². The second-order valence-electron chi connectivity index (χ2n) is 9.26. The molecule has 0 aliphatic heterocycles. The van der Waals surface area contributed by atoms with Crippen LogP contribution in [0.25, 0.3) is 22.4 Å². The average molecular weight is 420 g/mol. The lowest BCUT2D eigenvalue weighted by molar-refractivity contribution is 0.272. The molecule has 0 saturated carbocycles. The van der Waals surface area contributed by atoms with Crippen LogP contribution in [0, 0.1) is 6.92 Å². The Hall–Kier alpha value is -2.77. The summed E-state index contributed by atoms with van der Waals surface area (Å²) in [6.45, 7) is 13.9. The van der Waals surface area contributed by atoms with E-state index in [2.05, 4.69) is 63.1 Å². The predicted molar refractivity (Wildman–Crippen MR) is 123 cm³/mol. The van der Waals surface area contributed by atoms with E-state index < -0.39 is 8.32 Å². The number of benzene rings is 1. The molecule has 0 saturated heterocycles. The van der Waals surface area contributed by atoms with Crippen molar-refractivity contribution in [3.05, 3.63) is 66.2 Å². The van der Waals surface area contributed by atoms with E-state index in [-0.39, 0.29) is 5.04 Å². The van der Waals surface area contributed by atoms with Crippen molar-refractivity contribution in [1.29, 1.82) is 0 Å². The minimum atomic E-state index is -1.83. The number of hydrogen-bond acceptors (Lipinski definition) is 4. The van der Waals surface area contributed by atoms with Crippen LogP contribution in [0.15, 0.2) is 55.0 Å². The summed E-state index contributed by atoms with van der Waals surface area (Å²) in [4.78, 5) is 4.85. The Morgan fingerprint density at radius 3 is 2.57 bits per heavy atom. The highest BCUT2D eigenvalue weighted by Crippen LogP contribution is 2.37. The monoisotopic (exact) mass is 419 g/mol. The number of pyridine rings is 1. The molecule has 0 unspecified atom stereocenters. The van der Waals surface area contributed by atoms with Crippen molar-refractivity contribution in [2.75, 3.05) is 0 Å². The van der Waals surface area contributed by atoms with E-state index >= 15 is 0 Å². The topological polar surface area (TPSA) is 57.8 Å². The first kappa shape index (κ1) is 20.5. The standard InChI is InChI=1S/C23H29N5OSi/c1-17-13-20(27-12-8-11-24-27)19-15-25-28(21(19)14-17)22-10-7-9-18(26-22)16-29-30(5,6)23(2,3)4/h7-15H,16H2,1-6H3. The van der Waals surface area contributed by atoms with Crippen molar-refractivity contribution < 1.29 is 4.43 Å². The molecule has 0 spiro atoms. The van der Waals surface area contributed by atoms with Gasteiger partial charge in [0.15, 0.2) is 14.1 Å². The fourth-order valence-electron chi connectivity index (χ4n) is 3.16. The molecule has 0 bridgehead atoms. The molecule has 1 aromatic carbocycles. The van der Waals surface area contributed by atoms with Crippen LogP contribution in [0.5, 0.6) is 0 Å². The molecule has 4 aromatic rings. The Balaban J connectivity index is 1.69. The highest BCUT2D eigenvalue weighted by Gasteiger charge is 2.37. The summed E-state index contributed by atoms with van der Waals surface area (Å²) in [7, 11) is -1.83. The number of hydrogen-bond donors (Lipinski definition) is 0. The van der Waals surface area contributed by atoms with Gasteiger partial charge >= 0.3 is 0 Å². The first-order valence-electron chi connectivity index (χ1n) is 10.2. The lowest BCUT2D eigenvalue weighted by Crippen LogP contribution is -2.40. The van der Waals surface area contributed by atoms with E-state index in [4.69, 9.17) is 9.41 Å². The van der Waals surface area contributed by atoms with Crippen LogP contribution in [-0.4, -0.2) is 32.9 Å². The van der Waals surface area contributed by atoms with Crippen LogP contribution in [-0.2, 0) is 11.0 Å². The van der Waals surface area contributed by atoms with Crippen LogP contribution in [0.3, 0.4) is 0 Å². The molecule has 0 aliphatic rings. The maximum atomic E-state index is 6.36. The number of fused-ring (bicyclic) bond motifs is 1. The van der Waals surface area contributed by atoms with Gasteiger partial charge in [0, 0.05) is 17.8 Å². The molecule has 0 amide bonds. The van der Waals surface area contributed by atoms with Gasteiger partial charge < -0.3 is 4.43 Å². The Morgan fingerprint density at radius 2 is 1.87 bits per heavy atom. The van der Waals surface area contributed by atoms with Crippen LogP contribution in [0.1, 0.15) is 32.0 Å². The Kier molecular flexibility index (Phi) is 5.11. The van der Waals surface area contributed by atoms with Crippen molar-refractivity contribution in [2.24, 2.45) is 0 Å². The molecule has 0 N–H and O–H groups in total. The van der Waals surface area contributed by atoms with Gasteiger partial charge in [-0.3, -0.25) is 0 Å². The van der Waals surface area contributed by atoms with Crippen LogP contribution in [0.2, 0.25) is 18.1 Å². The number of aryl methyl sites for hydroxylation is 1. The quantitative estimate of drug-likeness (QED) is 0.404. The van der Waals surface area contributed by atoms with E-state index in [1.54, 1.807) is 6.20 Å². The number of rotatable bonds is 5. The van der Waals surface area contributed by atoms with Gasteiger partial charge in [0.05, 0.1) is 29.7 Å². The molecule has 156 valence electrons. The summed E-state index contributed by atoms with van der Waals surface area (Å²) in [5, 5.41) is 10.2. The summed E-state index contributed by atoms with van der Waals surface area (Å²) in [6.07, 6.45) is 5.61. The van der Waals surface area contributed by atoms with Gasteiger partial charge in [0.2, 0.25) is 0 Å². The van der Waals surface area contributed by atoms with Gasteiger partial charge in [-0.05, 0) is 61.0 Å². The third kappa shape index (κ3) is 3.82. The van der Waals surface area contributed by atoms with Gasteiger partial charge in [-0.25, -0.2) is 14.3 Å². The largest absolute Gasteiger partial charge is 0.411 e. The Morgan fingerprint density at radius 1 is 1.07 bits per heavy atom. The van der Waals surface area contributed by atoms with Crippen LogP contribution >= 0.6 is 0 Å². The normalized spacial score (nSPS) is 12.6. The molecule has 7 heteroatoms. The Bertz CT molecular complexity index is 1170. The fourth-order valence-corrected chi connectivity index (χ4v) is 4.11. The summed E-state index contributed by atoms with van der Waals surface area (Å²) in [5.41, 5.74) is 4.09. The smallest absolute Gasteiger partial charge is 0.192 e. The van der Waals surface area contributed by atoms with E-state index in [1.165, 1.54) is 0 Å². The molecular weight excluding hydrogens is 390 g/mol. The van der Waals surface area contributed by atoms with E-state index in [0.29, 0.717) is 6.61 Å². The molecule has 0 atom stereocenters. The van der Waals surface area contributed by atoms with Crippen molar-refractivity contribution in [3.63, 3.8) is 0 Å². The number of nitrogens with zero attached hydrogens (tertiary/aromatic N) is 5. The second kappa shape index (κ2) is 7.48. The zero-order chi connectivity index (χ0) is 21.5. The molecule has 0 radical (unpaired) electrons. The van der Waals surface area contributed by atoms with Gasteiger partial charge in [-0.2, -0.15) is 10.2 Å². The first-order valence-corrected chi connectivity index (χ1v) is 13.2. The minimum Gasteiger partial charge on any atom is -0.411 e. The van der Waals surface area contributed by atoms with Crippen molar-refractivity contribution in [1.82, 2.24) is 24.5 Å². The molecular formula is C23H29N5OSi. The zero-order valence-corrected chi connectivity index (χ0v) is 19.5. The summed E-state index contributed by atoms with van der Waals surface area (Å²) in [5.74, 6) is 0.790. The average Bonchev–Trinajstić information content (AvgIpc) is 3.35. The molecule has 30 heavy (non-hydrogen) atoms. The Labute approximate surface area is 178 Å². The molecule has 6 nitrogen and oxygen atoms in total. The molecule has 3 heterocycles. The maximum Gasteiger partial charge on any atom is 0.192 e. The third-order valence-electron chi connectivity index (χ3n) is 5.96. The lowest BCUT2D eigenvalue weighted by Gasteiger charge is -2.36. The fraction of sp³-hybridized carbons (Fsp3) is 0.348. The van der Waals surface area contributed by atoms with Gasteiger partial charge in [0.25, 0.3) is 0 Å². The van der Waals surface area contributed by atoms with Gasteiger partial charge in [0.1, 0.15) is 0 Å². The van der Waals surface area contributed by atoms with Gasteiger partial charge in [-0.15, -0.1) is 0 Å². The van der Waals surface area contributed by atoms with Crippen molar-refractivity contribution in [2.45, 2.75) is 52.4 Å². The van der Waals surface area contributed by atoms with E-state index in [0.717, 1.165) is 33.7 Å². The highest BCUT2D eigenvalue weighted by atomic mass is 28.4. The van der Waals surface area contributed by atoms with Crippen molar-refractivity contribution >= 4 is 19.2 Å². The van der Waals surface area contributed by atoms with E-state index in [1.807, 2.05) is 46.0 Å². The molecule has 4 rings (SSSR count). The summed E-state index contributed by atoms with van der Waals surface area (Å²) < 4.78 is 10.1. The third-order valence-corrected chi connectivity index (χ3v) is 10.4. The van der Waals surface area contributed by atoms with Gasteiger partial charge in [-0.1, -0.05) is 26.8 Å². The highest BCUT2D eigenvalue weighted by molar-refractivity contribution is 6.74. The maximum absolute atomic E-state index is 6.36. The molecule has 3 aromatic heterocycles. The first-order chi connectivity index (χ1) is 14.2. The van der Waals surface area contributed by atoms with Crippen LogP contribution in [0.4, 0.5) is 0 Å². The second-order valence-corrected chi connectivity index (χ2v) is 14.1. The lowest BCUT2D eigenvalue weighted by atomic mass is 10.1. The SMILES string of the molecule is Cc1cc(-n2cccn2)c2cnn(-c3cccc(CO[Si](C)(C)C(C)(C)C)n3)c2c1. The molecule has 0 fully saturated rings. The predicted octanol–water partition coefficient (Wildman–Crippen LogP) is 5.44.